The summed E-state index contributed by atoms with van der Waals surface area (Å²) in [5.41, 5.74) is -0.207. The number of amides is 5. The Morgan fingerprint density at radius 2 is 1.65 bits per heavy atom. The highest BCUT2D eigenvalue weighted by atomic mass is 32.2. The highest BCUT2D eigenvalue weighted by Gasteiger charge is 2.55. The molecule has 0 unspecified atom stereocenters. The van der Waals surface area contributed by atoms with Crippen LogP contribution in [0, 0.1) is 0 Å². The van der Waals surface area contributed by atoms with Crippen LogP contribution in [0.15, 0.2) is 24.3 Å². The lowest BCUT2D eigenvalue weighted by Gasteiger charge is -2.30. The van der Waals surface area contributed by atoms with E-state index in [9.17, 15) is 32.4 Å². The molecule has 0 aromatic heterocycles. The van der Waals surface area contributed by atoms with E-state index in [1.54, 1.807) is 25.7 Å². The van der Waals surface area contributed by atoms with Gasteiger partial charge in [0.15, 0.2) is 0 Å². The molecule has 1 aromatic carbocycles. The number of unbranched alkanes of at least 4 members (excludes halogenated alkanes) is 3. The van der Waals surface area contributed by atoms with Gasteiger partial charge in [-0.25, -0.2) is 18.0 Å². The van der Waals surface area contributed by atoms with Gasteiger partial charge in [0.2, 0.25) is 21.8 Å². The Bertz CT molecular complexity index is 1530. The third-order valence-corrected chi connectivity index (χ3v) is 11.1. The number of ether oxygens (including phenoxy) is 2. The molecule has 270 valence electrons. The van der Waals surface area contributed by atoms with Crippen molar-refractivity contribution >= 4 is 39.9 Å². The van der Waals surface area contributed by atoms with E-state index in [1.165, 1.54) is 4.90 Å². The Hall–Kier alpha value is -3.88. The first-order valence-corrected chi connectivity index (χ1v) is 18.9. The fraction of sp³-hybridized carbons (Fsp3) is 0.676. The van der Waals surface area contributed by atoms with E-state index in [1.807, 2.05) is 24.3 Å². The second-order valence-electron chi connectivity index (χ2n) is 14.7. The van der Waals surface area contributed by atoms with Gasteiger partial charge in [-0.05, 0) is 64.0 Å². The van der Waals surface area contributed by atoms with Crippen LogP contribution >= 0.6 is 0 Å². The number of benzene rings is 1. The van der Waals surface area contributed by atoms with E-state index in [4.69, 9.17) is 9.47 Å². The van der Waals surface area contributed by atoms with Crippen LogP contribution in [0.4, 0.5) is 9.59 Å². The molecule has 2 heterocycles. The van der Waals surface area contributed by atoms with Crippen molar-refractivity contribution in [3.63, 3.8) is 0 Å². The van der Waals surface area contributed by atoms with Crippen LogP contribution in [0.1, 0.15) is 103 Å². The number of carbonyl (C=O) groups excluding carboxylic acids is 5. The molecule has 2 aliphatic carbocycles. The van der Waals surface area contributed by atoms with Gasteiger partial charge in [-0.15, -0.1) is 0 Å². The molecule has 1 saturated heterocycles. The molecule has 3 N–H and O–H groups in total. The number of alkyl carbamates (subject to hydrolysis) is 1. The lowest BCUT2D eigenvalue weighted by molar-refractivity contribution is -0.141. The van der Waals surface area contributed by atoms with Gasteiger partial charge in [-0.3, -0.25) is 24.0 Å². The number of likely N-dealkylation sites (tertiary alicyclic amines) is 1. The van der Waals surface area contributed by atoms with Gasteiger partial charge in [-0.2, -0.15) is 0 Å². The molecule has 15 heteroatoms. The monoisotopic (exact) mass is 703 g/mol. The summed E-state index contributed by atoms with van der Waals surface area (Å²) in [5.74, 6) is -2.01. The third-order valence-electron chi connectivity index (χ3n) is 9.30. The van der Waals surface area contributed by atoms with E-state index in [0.29, 0.717) is 38.8 Å². The summed E-state index contributed by atoms with van der Waals surface area (Å²) in [7, 11) is -3.84. The van der Waals surface area contributed by atoms with Crippen LogP contribution in [0.2, 0.25) is 0 Å². The molecule has 14 nitrogen and oxygen atoms in total. The largest absolute Gasteiger partial charge is 0.444 e. The highest BCUT2D eigenvalue weighted by Crippen LogP contribution is 2.38. The summed E-state index contributed by atoms with van der Waals surface area (Å²) in [6.45, 7) is 7.82. The van der Waals surface area contributed by atoms with E-state index in [-0.39, 0.29) is 25.8 Å². The number of hydrogen-bond acceptors (Lipinski definition) is 9. The molecule has 1 aromatic rings. The van der Waals surface area contributed by atoms with Crippen molar-refractivity contribution in [3.8, 4) is 0 Å². The van der Waals surface area contributed by atoms with Crippen LogP contribution in [-0.4, -0.2) is 89.2 Å². The molecule has 3 atom stereocenters. The van der Waals surface area contributed by atoms with Gasteiger partial charge >= 0.3 is 12.2 Å². The zero-order valence-corrected chi connectivity index (χ0v) is 29.6. The minimum Gasteiger partial charge on any atom is -0.444 e. The minimum absolute atomic E-state index is 0.0445. The molecule has 0 radical (unpaired) electrons. The third kappa shape index (κ3) is 9.22. The molecule has 0 bridgehead atoms. The lowest BCUT2D eigenvalue weighted by atomic mass is 10.1. The van der Waals surface area contributed by atoms with Gasteiger partial charge in [0.1, 0.15) is 29.3 Å². The molecule has 5 rings (SSSR count). The van der Waals surface area contributed by atoms with Crippen molar-refractivity contribution in [2.24, 2.45) is 0 Å². The quantitative estimate of drug-likeness (QED) is 0.260. The molecule has 5 amide bonds. The van der Waals surface area contributed by atoms with Gasteiger partial charge in [-0.1, -0.05) is 56.9 Å². The average Bonchev–Trinajstić information content (AvgIpc) is 3.94. The topological polar surface area (TPSA) is 181 Å². The van der Waals surface area contributed by atoms with Crippen LogP contribution < -0.4 is 15.4 Å². The van der Waals surface area contributed by atoms with Crippen LogP contribution in [0.25, 0.3) is 0 Å². The highest BCUT2D eigenvalue weighted by molar-refractivity contribution is 7.91. The van der Waals surface area contributed by atoms with Crippen LogP contribution in [0.3, 0.4) is 0 Å². The van der Waals surface area contributed by atoms with Crippen molar-refractivity contribution in [3.05, 3.63) is 35.4 Å². The minimum atomic E-state index is -3.84. The summed E-state index contributed by atoms with van der Waals surface area (Å²) in [4.78, 5) is 70.1. The zero-order chi connectivity index (χ0) is 35.6. The number of nitrogens with one attached hydrogen (secondary N) is 3. The van der Waals surface area contributed by atoms with E-state index >= 15 is 0 Å². The van der Waals surface area contributed by atoms with Crippen molar-refractivity contribution in [2.75, 3.05) is 6.54 Å². The molecule has 49 heavy (non-hydrogen) atoms. The standard InChI is InChI=1S/C34H49N5O9S/c1-5-6-7-8-13-26(35-31(43)48-33(2,3)4)29(41)39-21-24(47-32(44)38-19-22-11-9-10-12-23(22)20-38)18-27(39)28(40)36-34(16-17-34)30(42)37-49(45,46)25-14-15-25/h9-12,24-27H,5-8,13-21H2,1-4H3,(H,35,43)(H,36,40)(H,37,42)/t24-,26+,27+/m1/s1. The number of rotatable bonds is 13. The first kappa shape index (κ1) is 36.4. The first-order chi connectivity index (χ1) is 23.1. The summed E-state index contributed by atoms with van der Waals surface area (Å²) in [6, 6.07) is 5.51. The maximum absolute atomic E-state index is 14.2. The second kappa shape index (κ2) is 14.5. The van der Waals surface area contributed by atoms with E-state index < -0.39 is 74.5 Å². The summed E-state index contributed by atoms with van der Waals surface area (Å²) < 4.78 is 38.4. The number of fused-ring (bicyclic) bond motifs is 1. The molecular formula is C34H49N5O9S. The molecule has 2 saturated carbocycles. The number of carbonyl (C=O) groups is 5. The van der Waals surface area contributed by atoms with Crippen molar-refractivity contribution in [2.45, 2.75) is 140 Å². The normalized spacial score (nSPS) is 21.7. The fourth-order valence-electron chi connectivity index (χ4n) is 6.28. The Morgan fingerprint density at radius 1 is 1.00 bits per heavy atom. The number of nitrogens with zero attached hydrogens (tertiary/aromatic N) is 2. The Morgan fingerprint density at radius 3 is 2.22 bits per heavy atom. The predicted molar refractivity (Wildman–Crippen MR) is 178 cm³/mol. The zero-order valence-electron chi connectivity index (χ0n) is 28.8. The van der Waals surface area contributed by atoms with Crippen molar-refractivity contribution in [1.82, 2.24) is 25.2 Å². The van der Waals surface area contributed by atoms with Gasteiger partial charge < -0.3 is 25.0 Å². The summed E-state index contributed by atoms with van der Waals surface area (Å²) in [6.07, 6.45) is 2.85. The van der Waals surface area contributed by atoms with Gasteiger partial charge in [0.05, 0.1) is 11.8 Å². The molecular weight excluding hydrogens is 654 g/mol. The van der Waals surface area contributed by atoms with Gasteiger partial charge in [0, 0.05) is 19.5 Å². The first-order valence-electron chi connectivity index (χ1n) is 17.3. The van der Waals surface area contributed by atoms with Crippen LogP contribution in [0.5, 0.6) is 0 Å². The summed E-state index contributed by atoms with van der Waals surface area (Å²) >= 11 is 0. The maximum Gasteiger partial charge on any atom is 0.410 e. The SMILES string of the molecule is CCCCCC[C@H](NC(=O)OC(C)(C)C)C(=O)N1C[C@H](OC(=O)N2Cc3ccccc3C2)C[C@H]1C(=O)NC1(C(=O)NS(=O)(=O)C2CC2)CC1. The Labute approximate surface area is 288 Å². The summed E-state index contributed by atoms with van der Waals surface area (Å²) in [5, 5.41) is 4.79. The molecule has 2 aliphatic heterocycles. The predicted octanol–water partition coefficient (Wildman–Crippen LogP) is 3.23. The Balaban J connectivity index is 1.32. The Kier molecular flexibility index (Phi) is 10.8. The smallest absolute Gasteiger partial charge is 0.410 e. The molecule has 0 spiro atoms. The van der Waals surface area contributed by atoms with Crippen molar-refractivity contribution < 1.29 is 41.9 Å². The lowest BCUT2D eigenvalue weighted by Crippen LogP contribution is -2.57. The van der Waals surface area contributed by atoms with Crippen LogP contribution in [-0.2, 0) is 47.0 Å². The molecule has 3 fully saturated rings. The van der Waals surface area contributed by atoms with E-state index in [0.717, 1.165) is 30.4 Å². The molecule has 4 aliphatic rings. The average molecular weight is 704 g/mol. The fourth-order valence-corrected chi connectivity index (χ4v) is 7.66. The van der Waals surface area contributed by atoms with Gasteiger partial charge in [0.25, 0.3) is 5.91 Å². The maximum atomic E-state index is 14.2. The van der Waals surface area contributed by atoms with Crippen molar-refractivity contribution in [1.29, 1.82) is 0 Å². The van der Waals surface area contributed by atoms with E-state index in [2.05, 4.69) is 22.3 Å². The number of hydrogen-bond donors (Lipinski definition) is 3. The second-order valence-corrected chi connectivity index (χ2v) is 16.6. The number of sulfonamides is 1.